The molecule has 0 saturated carbocycles. The van der Waals surface area contributed by atoms with E-state index >= 15 is 0 Å². The van der Waals surface area contributed by atoms with Crippen LogP contribution < -0.4 is 25.9 Å². The maximum Gasteiger partial charge on any atom is 0.357 e. The van der Waals surface area contributed by atoms with Crippen molar-refractivity contribution in [3.05, 3.63) is 127 Å². The third kappa shape index (κ3) is 8.98. The SMILES string of the molecule is CC(C)(C)Oc1ccc([I+]c2ccccc2)cc1.CC(C)(c1ccccc1)c1ccc(S(=O)(=O)[O-])cc1. The minimum Gasteiger partial charge on any atom is -0.744 e. The Kier molecular flexibility index (Phi) is 9.56. The van der Waals surface area contributed by atoms with Crippen LogP contribution in [0, 0.1) is 7.14 Å². The van der Waals surface area contributed by atoms with Crippen LogP contribution in [0.1, 0.15) is 45.7 Å². The molecule has 37 heavy (non-hydrogen) atoms. The largest absolute Gasteiger partial charge is 0.744 e. The zero-order valence-corrected chi connectivity index (χ0v) is 24.8. The van der Waals surface area contributed by atoms with Gasteiger partial charge in [0.05, 0.1) is 4.90 Å². The quantitative estimate of drug-likeness (QED) is 0.240. The van der Waals surface area contributed by atoms with E-state index < -0.39 is 10.1 Å². The molecule has 0 bridgehead atoms. The fourth-order valence-electron chi connectivity index (χ4n) is 3.58. The molecule has 0 fully saturated rings. The second-order valence-electron chi connectivity index (χ2n) is 10.0. The fraction of sp³-hybridized carbons (Fsp3) is 0.226. The first-order valence-electron chi connectivity index (χ1n) is 12.0. The van der Waals surface area contributed by atoms with Crippen molar-refractivity contribution in [3.8, 4) is 5.75 Å². The molecule has 6 heteroatoms. The fourth-order valence-corrected chi connectivity index (χ4v) is 6.27. The topological polar surface area (TPSA) is 66.4 Å². The standard InChI is InChI=1S/C16H18IO.C15H16O3S/c1-16(2,3)18-15-11-9-14(10-12-15)17-13-7-5-4-6-8-13;1-15(2,12-6-4-3-5-7-12)13-8-10-14(11-9-13)19(16,17)18/h4-12H,1-3H3;3-11H,1-2H3,(H,16,17,18)/q+1;/p-1. The first-order chi connectivity index (χ1) is 17.3. The Morgan fingerprint density at radius 2 is 1.08 bits per heavy atom. The van der Waals surface area contributed by atoms with E-state index in [0.717, 1.165) is 16.9 Å². The van der Waals surface area contributed by atoms with E-state index in [1.54, 1.807) is 12.1 Å². The van der Waals surface area contributed by atoms with E-state index in [4.69, 9.17) is 4.74 Å². The minimum absolute atomic E-state index is 0.0737. The van der Waals surface area contributed by atoms with E-state index in [-0.39, 0.29) is 37.1 Å². The summed E-state index contributed by atoms with van der Waals surface area (Å²) in [5, 5.41) is 0. The third-order valence-corrected chi connectivity index (χ3v) is 9.08. The van der Waals surface area contributed by atoms with Gasteiger partial charge < -0.3 is 9.29 Å². The molecule has 0 atom stereocenters. The zero-order valence-electron chi connectivity index (χ0n) is 21.8. The van der Waals surface area contributed by atoms with Gasteiger partial charge in [-0.1, -0.05) is 74.5 Å². The molecule has 4 rings (SSSR count). The van der Waals surface area contributed by atoms with Gasteiger partial charge >= 0.3 is 21.2 Å². The van der Waals surface area contributed by atoms with E-state index in [2.05, 4.69) is 89.2 Å². The van der Waals surface area contributed by atoms with Crippen LogP contribution in [0.5, 0.6) is 5.75 Å². The average Bonchev–Trinajstić information content (AvgIpc) is 2.85. The minimum atomic E-state index is -4.38. The molecular weight excluding hydrogens is 595 g/mol. The molecule has 0 aromatic heterocycles. The molecule has 194 valence electrons. The Bertz CT molecular complexity index is 1360. The Balaban J connectivity index is 0.000000206. The summed E-state index contributed by atoms with van der Waals surface area (Å²) < 4.78 is 41.4. The lowest BCUT2D eigenvalue weighted by Gasteiger charge is -2.26. The molecule has 0 aliphatic carbocycles. The van der Waals surface area contributed by atoms with E-state index in [0.29, 0.717) is 0 Å². The van der Waals surface area contributed by atoms with Gasteiger partial charge in [-0.05, 0) is 80.4 Å². The summed E-state index contributed by atoms with van der Waals surface area (Å²) in [6, 6.07) is 35.2. The second-order valence-corrected chi connectivity index (χ2v) is 14.4. The Labute approximate surface area is 231 Å². The zero-order chi connectivity index (χ0) is 27.1. The number of rotatable bonds is 6. The van der Waals surface area contributed by atoms with Gasteiger partial charge in [0.15, 0.2) is 7.14 Å². The van der Waals surface area contributed by atoms with Crippen LogP contribution in [0.3, 0.4) is 0 Å². The molecule has 0 amide bonds. The van der Waals surface area contributed by atoms with E-state index in [1.807, 2.05) is 30.3 Å². The molecule has 4 aromatic carbocycles. The van der Waals surface area contributed by atoms with Crippen LogP contribution in [0.25, 0.3) is 0 Å². The number of hydrogen-bond acceptors (Lipinski definition) is 4. The van der Waals surface area contributed by atoms with Crippen LogP contribution in [-0.4, -0.2) is 18.6 Å². The molecule has 0 aliphatic heterocycles. The van der Waals surface area contributed by atoms with Crippen molar-refractivity contribution in [2.45, 2.75) is 50.5 Å². The number of hydrogen-bond donors (Lipinski definition) is 0. The summed E-state index contributed by atoms with van der Waals surface area (Å²) in [6.45, 7) is 10.3. The third-order valence-electron chi connectivity index (χ3n) is 5.55. The van der Waals surface area contributed by atoms with Crippen LogP contribution in [-0.2, 0) is 15.5 Å². The van der Waals surface area contributed by atoms with Crippen molar-refractivity contribution in [1.29, 1.82) is 0 Å². The van der Waals surface area contributed by atoms with Gasteiger partial charge in [0.1, 0.15) is 21.5 Å². The van der Waals surface area contributed by atoms with Gasteiger partial charge in [-0.3, -0.25) is 0 Å². The molecule has 0 spiro atoms. The van der Waals surface area contributed by atoms with Gasteiger partial charge in [0.25, 0.3) is 0 Å². The number of ether oxygens (including phenoxy) is 1. The maximum atomic E-state index is 10.9. The molecule has 0 aliphatic rings. The predicted octanol–water partition coefficient (Wildman–Crippen LogP) is 3.91. The molecule has 0 N–H and O–H groups in total. The molecule has 4 nitrogen and oxygen atoms in total. The van der Waals surface area contributed by atoms with Crippen molar-refractivity contribution < 1.29 is 38.9 Å². The van der Waals surface area contributed by atoms with Gasteiger partial charge in [0.2, 0.25) is 0 Å². The van der Waals surface area contributed by atoms with Crippen LogP contribution in [0.4, 0.5) is 0 Å². The van der Waals surface area contributed by atoms with Crippen molar-refractivity contribution in [1.82, 2.24) is 0 Å². The monoisotopic (exact) mass is 628 g/mol. The normalized spacial score (nSPS) is 11.8. The molecular formula is C31H33IO4S. The molecule has 0 radical (unpaired) electrons. The first-order valence-corrected chi connectivity index (χ1v) is 15.5. The van der Waals surface area contributed by atoms with E-state index in [1.165, 1.54) is 19.3 Å². The highest BCUT2D eigenvalue weighted by atomic mass is 127. The van der Waals surface area contributed by atoms with Crippen LogP contribution in [0.2, 0.25) is 0 Å². The van der Waals surface area contributed by atoms with Crippen molar-refractivity contribution >= 4 is 10.1 Å². The van der Waals surface area contributed by atoms with Crippen LogP contribution in [0.15, 0.2) is 114 Å². The Morgan fingerprint density at radius 1 is 0.622 bits per heavy atom. The highest BCUT2D eigenvalue weighted by Gasteiger charge is 2.22. The number of halogens is 1. The number of benzene rings is 4. The van der Waals surface area contributed by atoms with Gasteiger partial charge in [0, 0.05) is 5.41 Å². The summed E-state index contributed by atoms with van der Waals surface area (Å²) >= 11 is -0.0737. The summed E-state index contributed by atoms with van der Waals surface area (Å²) in [6.07, 6.45) is 0. The lowest BCUT2D eigenvalue weighted by Crippen LogP contribution is -3.61. The van der Waals surface area contributed by atoms with Crippen molar-refractivity contribution in [2.24, 2.45) is 0 Å². The first kappa shape index (κ1) is 28.9. The summed E-state index contributed by atoms with van der Waals surface area (Å²) in [5.41, 5.74) is 1.72. The average molecular weight is 629 g/mol. The Morgan fingerprint density at radius 3 is 1.57 bits per heavy atom. The van der Waals surface area contributed by atoms with Crippen molar-refractivity contribution in [2.75, 3.05) is 0 Å². The van der Waals surface area contributed by atoms with Crippen LogP contribution >= 0.6 is 0 Å². The summed E-state index contributed by atoms with van der Waals surface area (Å²) in [4.78, 5) is -0.194. The van der Waals surface area contributed by atoms with Crippen molar-refractivity contribution in [3.63, 3.8) is 0 Å². The van der Waals surface area contributed by atoms with Gasteiger partial charge in [-0.25, -0.2) is 8.42 Å². The molecule has 4 aromatic rings. The summed E-state index contributed by atoms with van der Waals surface area (Å²) in [7, 11) is -4.38. The molecule has 0 heterocycles. The Hall–Kier alpha value is -2.68. The predicted molar refractivity (Wildman–Crippen MR) is 144 cm³/mol. The molecule has 0 unspecified atom stereocenters. The van der Waals surface area contributed by atoms with E-state index in [9.17, 15) is 13.0 Å². The molecule has 0 saturated heterocycles. The lowest BCUT2D eigenvalue weighted by atomic mass is 9.78. The van der Waals surface area contributed by atoms with Gasteiger partial charge in [-0.2, -0.15) is 0 Å². The lowest BCUT2D eigenvalue weighted by molar-refractivity contribution is -0.597. The summed E-state index contributed by atoms with van der Waals surface area (Å²) in [5.74, 6) is 0.948. The highest BCUT2D eigenvalue weighted by molar-refractivity contribution is 7.85. The highest BCUT2D eigenvalue weighted by Crippen LogP contribution is 2.31. The smallest absolute Gasteiger partial charge is 0.357 e. The van der Waals surface area contributed by atoms with Gasteiger partial charge in [-0.15, -0.1) is 0 Å². The second kappa shape index (κ2) is 12.2. The maximum absolute atomic E-state index is 10.9.